The van der Waals surface area contributed by atoms with Gasteiger partial charge in [-0.1, -0.05) is 0 Å². The quantitative estimate of drug-likeness (QED) is 0.344. The van der Waals surface area contributed by atoms with Crippen molar-refractivity contribution in [2.45, 2.75) is 0 Å². The second kappa shape index (κ2) is 8.11. The highest BCUT2D eigenvalue weighted by atomic mass is 127. The Morgan fingerprint density at radius 1 is 1.23 bits per heavy atom. The lowest BCUT2D eigenvalue weighted by molar-refractivity contribution is 0.480. The highest BCUT2D eigenvalue weighted by Gasteiger charge is 2.07. The van der Waals surface area contributed by atoms with E-state index in [1.165, 1.54) is 0 Å². The first-order valence-electron chi connectivity index (χ1n) is 6.76. The first kappa shape index (κ1) is 18.4. The Kier molecular flexibility index (Phi) is 6.78. The third-order valence-corrected chi connectivity index (χ3v) is 2.99. The number of rotatable bonds is 4. The van der Waals surface area contributed by atoms with Crippen LogP contribution in [-0.4, -0.2) is 76.8 Å². The molecule has 2 rings (SSSR count). The molecule has 0 aliphatic carbocycles. The lowest BCUT2D eigenvalue weighted by atomic mass is 10.4. The molecule has 9 heteroatoms. The summed E-state index contributed by atoms with van der Waals surface area (Å²) < 4.78 is 1.73. The molecule has 0 saturated carbocycles. The monoisotopic (exact) mass is 418 g/mol. The molecule has 8 nitrogen and oxygen atoms in total. The van der Waals surface area contributed by atoms with Crippen LogP contribution in [0, 0.1) is 0 Å². The lowest BCUT2D eigenvalue weighted by Gasteiger charge is -2.22. The van der Waals surface area contributed by atoms with E-state index in [0.717, 1.165) is 22.8 Å². The lowest BCUT2D eigenvalue weighted by Crippen LogP contribution is -2.35. The molecule has 2 aromatic rings. The van der Waals surface area contributed by atoms with E-state index < -0.39 is 0 Å². The number of aromatic nitrogens is 4. The topological polar surface area (TPSA) is 74.5 Å². The van der Waals surface area contributed by atoms with Crippen LogP contribution >= 0.6 is 24.0 Å². The van der Waals surface area contributed by atoms with Crippen LogP contribution in [0.25, 0.3) is 11.0 Å². The molecule has 0 fully saturated rings. The Hall–Kier alpha value is -1.65. The zero-order valence-corrected chi connectivity index (χ0v) is 15.9. The normalized spacial score (nSPS) is 10.0. The molecule has 0 amide bonds. The summed E-state index contributed by atoms with van der Waals surface area (Å²) >= 11 is 0. The van der Waals surface area contributed by atoms with Crippen LogP contribution in [0.15, 0.2) is 17.5 Å². The number of anilines is 1. The summed E-state index contributed by atoms with van der Waals surface area (Å²) in [7, 11) is 9.79. The summed E-state index contributed by atoms with van der Waals surface area (Å²) in [4.78, 5) is 17.0. The van der Waals surface area contributed by atoms with Crippen LogP contribution < -0.4 is 5.32 Å². The Morgan fingerprint density at radius 2 is 1.91 bits per heavy atom. The van der Waals surface area contributed by atoms with E-state index in [9.17, 15) is 0 Å². The smallest absolute Gasteiger partial charge is 0.195 e. The highest BCUT2D eigenvalue weighted by Crippen LogP contribution is 2.17. The fourth-order valence-electron chi connectivity index (χ4n) is 2.12. The number of fused-ring (bicyclic) bond motifs is 1. The molecule has 1 N–H and O–H groups in total. The zero-order chi connectivity index (χ0) is 15.4. The van der Waals surface area contributed by atoms with Crippen LogP contribution in [0.5, 0.6) is 0 Å². The van der Waals surface area contributed by atoms with Crippen molar-refractivity contribution >= 4 is 46.8 Å². The van der Waals surface area contributed by atoms with Gasteiger partial charge in [-0.25, -0.2) is 9.97 Å². The molecule has 0 atom stereocenters. The number of aryl methyl sites for hydroxylation is 1. The van der Waals surface area contributed by atoms with E-state index in [1.807, 2.05) is 45.0 Å². The van der Waals surface area contributed by atoms with Gasteiger partial charge >= 0.3 is 0 Å². The predicted octanol–water partition coefficient (Wildman–Crippen LogP) is 0.872. The number of guanidine groups is 1. The SMILES string of the molecule is CN(C)C(=NCCNc1ncnc2c1cnn2C)N(C)C.I. The predicted molar refractivity (Wildman–Crippen MR) is 99.9 cm³/mol. The minimum absolute atomic E-state index is 0. The van der Waals surface area contributed by atoms with Crippen LogP contribution in [0.1, 0.15) is 0 Å². The highest BCUT2D eigenvalue weighted by molar-refractivity contribution is 14.0. The Morgan fingerprint density at radius 3 is 2.55 bits per heavy atom. The molecule has 0 spiro atoms. The fraction of sp³-hybridized carbons (Fsp3) is 0.538. The standard InChI is InChI=1S/C13H22N8.HI/c1-19(2)13(20(3)4)15-7-6-14-11-10-8-18-21(5)12(10)17-9-16-11;/h8-9H,6-7H2,1-5H3,(H,14,16,17);1H. The Bertz CT molecular complexity index is 624. The van der Waals surface area contributed by atoms with Crippen molar-refractivity contribution in [3.05, 3.63) is 12.5 Å². The van der Waals surface area contributed by atoms with E-state index in [2.05, 4.69) is 25.4 Å². The van der Waals surface area contributed by atoms with Gasteiger partial charge in [-0.05, 0) is 0 Å². The van der Waals surface area contributed by atoms with Gasteiger partial charge in [0.05, 0.1) is 18.1 Å². The molecule has 0 bridgehead atoms. The average Bonchev–Trinajstić information content (AvgIpc) is 2.80. The maximum absolute atomic E-state index is 4.56. The van der Waals surface area contributed by atoms with Gasteiger partial charge < -0.3 is 15.1 Å². The maximum atomic E-state index is 4.56. The summed E-state index contributed by atoms with van der Waals surface area (Å²) in [6.45, 7) is 1.36. The van der Waals surface area contributed by atoms with Gasteiger partial charge in [0.1, 0.15) is 12.1 Å². The van der Waals surface area contributed by atoms with E-state index in [-0.39, 0.29) is 24.0 Å². The second-order valence-corrected chi connectivity index (χ2v) is 5.13. The van der Waals surface area contributed by atoms with Crippen LogP contribution in [-0.2, 0) is 7.05 Å². The van der Waals surface area contributed by atoms with Crippen LogP contribution in [0.4, 0.5) is 5.82 Å². The van der Waals surface area contributed by atoms with Crippen LogP contribution in [0.2, 0.25) is 0 Å². The fourth-order valence-corrected chi connectivity index (χ4v) is 2.12. The van der Waals surface area contributed by atoms with Gasteiger partial charge in [-0.2, -0.15) is 5.10 Å². The first-order chi connectivity index (χ1) is 10.0. The van der Waals surface area contributed by atoms with Crippen molar-refractivity contribution in [2.75, 3.05) is 46.6 Å². The zero-order valence-electron chi connectivity index (χ0n) is 13.6. The summed E-state index contributed by atoms with van der Waals surface area (Å²) in [6.07, 6.45) is 3.31. The van der Waals surface area contributed by atoms with Crippen molar-refractivity contribution < 1.29 is 0 Å². The van der Waals surface area contributed by atoms with Crippen LogP contribution in [0.3, 0.4) is 0 Å². The van der Waals surface area contributed by atoms with Crippen molar-refractivity contribution in [2.24, 2.45) is 12.0 Å². The number of hydrogen-bond donors (Lipinski definition) is 1. The molecule has 0 aliphatic heterocycles. The third-order valence-electron chi connectivity index (χ3n) is 2.99. The van der Waals surface area contributed by atoms with Crippen molar-refractivity contribution in [1.82, 2.24) is 29.5 Å². The van der Waals surface area contributed by atoms with Gasteiger partial charge in [0.25, 0.3) is 0 Å². The van der Waals surface area contributed by atoms with Gasteiger partial charge in [0.15, 0.2) is 11.6 Å². The number of nitrogens with zero attached hydrogens (tertiary/aromatic N) is 7. The Balaban J connectivity index is 0.00000242. The molecular weight excluding hydrogens is 395 g/mol. The molecule has 0 aliphatic rings. The minimum atomic E-state index is 0. The van der Waals surface area contributed by atoms with Gasteiger partial charge in [-0.15, -0.1) is 24.0 Å². The van der Waals surface area contributed by atoms with Crippen molar-refractivity contribution in [3.8, 4) is 0 Å². The van der Waals surface area contributed by atoms with Crippen molar-refractivity contribution in [3.63, 3.8) is 0 Å². The second-order valence-electron chi connectivity index (χ2n) is 5.13. The first-order valence-corrected chi connectivity index (χ1v) is 6.76. The number of nitrogens with one attached hydrogen (secondary N) is 1. The molecule has 0 saturated heterocycles. The van der Waals surface area contributed by atoms with Gasteiger partial charge in [-0.3, -0.25) is 9.67 Å². The summed E-state index contributed by atoms with van der Waals surface area (Å²) in [5.74, 6) is 1.73. The molecule has 22 heavy (non-hydrogen) atoms. The molecular formula is C13H23IN8. The van der Waals surface area contributed by atoms with E-state index in [4.69, 9.17) is 0 Å². The molecule has 2 heterocycles. The number of aliphatic imine (C=N–C) groups is 1. The molecule has 2 aromatic heterocycles. The molecule has 0 aromatic carbocycles. The molecule has 122 valence electrons. The van der Waals surface area contributed by atoms with Gasteiger partial charge in [0, 0.05) is 41.8 Å². The largest absolute Gasteiger partial charge is 0.367 e. The summed E-state index contributed by atoms with van der Waals surface area (Å²) in [5, 5.41) is 8.40. The third kappa shape index (κ3) is 4.18. The van der Waals surface area contributed by atoms with E-state index in [0.29, 0.717) is 13.1 Å². The minimum Gasteiger partial charge on any atom is -0.367 e. The summed E-state index contributed by atoms with van der Waals surface area (Å²) in [5.41, 5.74) is 0.818. The maximum Gasteiger partial charge on any atom is 0.195 e. The van der Waals surface area contributed by atoms with Crippen molar-refractivity contribution in [1.29, 1.82) is 0 Å². The van der Waals surface area contributed by atoms with E-state index in [1.54, 1.807) is 17.2 Å². The number of hydrogen-bond acceptors (Lipinski definition) is 5. The Labute approximate surface area is 147 Å². The van der Waals surface area contributed by atoms with Gasteiger partial charge in [0.2, 0.25) is 0 Å². The average molecular weight is 418 g/mol. The number of halogens is 1. The molecule has 0 radical (unpaired) electrons. The molecule has 0 unspecified atom stereocenters. The summed E-state index contributed by atoms with van der Waals surface area (Å²) in [6, 6.07) is 0. The van der Waals surface area contributed by atoms with E-state index >= 15 is 0 Å².